The fraction of sp³-hybridized carbons (Fsp3) is 0.0769. The second kappa shape index (κ2) is 10.4. The molecule has 0 bridgehead atoms. The number of fused-ring (bicyclic) bond motifs is 1. The first-order valence-electron chi connectivity index (χ1n) is 10.2. The highest BCUT2D eigenvalue weighted by Crippen LogP contribution is 2.46. The molecule has 3 aromatic carbocycles. The van der Waals surface area contributed by atoms with Crippen molar-refractivity contribution in [3.05, 3.63) is 103 Å². The van der Waals surface area contributed by atoms with Crippen molar-refractivity contribution in [1.82, 2.24) is 0 Å². The van der Waals surface area contributed by atoms with Crippen molar-refractivity contribution in [2.24, 2.45) is 5.73 Å². The van der Waals surface area contributed by atoms with E-state index in [-0.39, 0.29) is 17.2 Å². The van der Waals surface area contributed by atoms with E-state index in [0.717, 1.165) is 10.0 Å². The summed E-state index contributed by atoms with van der Waals surface area (Å²) < 4.78 is 17.5. The molecule has 0 aromatic heterocycles. The predicted molar refractivity (Wildman–Crippen MR) is 138 cm³/mol. The van der Waals surface area contributed by atoms with Crippen LogP contribution < -0.4 is 19.9 Å². The molecule has 4 rings (SSSR count). The molecule has 0 aliphatic carbocycles. The van der Waals surface area contributed by atoms with Crippen LogP contribution in [-0.2, 0) is 4.79 Å². The van der Waals surface area contributed by atoms with Crippen LogP contribution >= 0.6 is 39.1 Å². The van der Waals surface area contributed by atoms with Crippen LogP contribution in [0.15, 0.2) is 76.6 Å². The van der Waals surface area contributed by atoms with Crippen LogP contribution in [0.4, 0.5) is 0 Å². The van der Waals surface area contributed by atoms with Gasteiger partial charge in [0.25, 0.3) is 0 Å². The molecule has 6 nitrogen and oxygen atoms in total. The number of nitrogens with two attached hydrogens (primary N) is 1. The number of hydrogen-bond donors (Lipinski definition) is 1. The number of esters is 1. The molecule has 3 aromatic rings. The molecule has 0 saturated carbocycles. The fourth-order valence-corrected chi connectivity index (χ4v) is 4.54. The van der Waals surface area contributed by atoms with E-state index in [0.29, 0.717) is 32.7 Å². The summed E-state index contributed by atoms with van der Waals surface area (Å²) in [5, 5.41) is 10.7. The van der Waals surface area contributed by atoms with E-state index in [1.807, 2.05) is 12.1 Å². The largest absolute Gasteiger partial charge is 0.496 e. The van der Waals surface area contributed by atoms with Gasteiger partial charge in [0, 0.05) is 37.8 Å². The van der Waals surface area contributed by atoms with Gasteiger partial charge in [-0.25, -0.2) is 4.79 Å². The summed E-state index contributed by atoms with van der Waals surface area (Å²) in [5.74, 6) is 0.0179. The van der Waals surface area contributed by atoms with E-state index in [4.69, 9.17) is 43.1 Å². The van der Waals surface area contributed by atoms with Gasteiger partial charge in [0.2, 0.25) is 5.88 Å². The highest BCUT2D eigenvalue weighted by molar-refractivity contribution is 9.10. The van der Waals surface area contributed by atoms with E-state index < -0.39 is 11.9 Å². The molecule has 0 radical (unpaired) electrons. The van der Waals surface area contributed by atoms with Crippen LogP contribution in [0.2, 0.25) is 10.0 Å². The molecule has 0 amide bonds. The molecule has 1 unspecified atom stereocenters. The zero-order valence-corrected chi connectivity index (χ0v) is 21.3. The number of halogens is 3. The second-order valence-corrected chi connectivity index (χ2v) is 9.19. The van der Waals surface area contributed by atoms with Gasteiger partial charge in [-0.3, -0.25) is 0 Å². The van der Waals surface area contributed by atoms with Gasteiger partial charge in [0.1, 0.15) is 28.9 Å². The lowest BCUT2D eigenvalue weighted by molar-refractivity contribution is -0.128. The Morgan fingerprint density at radius 1 is 1.14 bits per heavy atom. The molecule has 176 valence electrons. The molecular formula is C26H17BrCl2N2O4. The summed E-state index contributed by atoms with van der Waals surface area (Å²) in [6.45, 7) is 0. The van der Waals surface area contributed by atoms with Gasteiger partial charge in [0.15, 0.2) is 0 Å². The minimum atomic E-state index is -0.613. The van der Waals surface area contributed by atoms with Gasteiger partial charge in [-0.15, -0.1) is 0 Å². The molecule has 0 spiro atoms. The highest BCUT2D eigenvalue weighted by atomic mass is 79.9. The summed E-state index contributed by atoms with van der Waals surface area (Å²) in [7, 11) is 1.55. The lowest BCUT2D eigenvalue weighted by Gasteiger charge is -2.27. The Hall–Kier alpha value is -3.44. The Labute approximate surface area is 220 Å². The Kier molecular flexibility index (Phi) is 7.37. The quantitative estimate of drug-likeness (QED) is 0.210. The highest BCUT2D eigenvalue weighted by Gasteiger charge is 2.33. The van der Waals surface area contributed by atoms with E-state index in [1.54, 1.807) is 49.6 Å². The van der Waals surface area contributed by atoms with Gasteiger partial charge >= 0.3 is 5.97 Å². The average molecular weight is 572 g/mol. The van der Waals surface area contributed by atoms with E-state index in [1.165, 1.54) is 12.2 Å². The number of ether oxygens (including phenoxy) is 3. The number of carbonyl (C=O) groups is 1. The Bertz CT molecular complexity index is 1430. The number of benzene rings is 3. The number of hydrogen-bond acceptors (Lipinski definition) is 6. The first-order chi connectivity index (χ1) is 16.8. The van der Waals surface area contributed by atoms with Crippen molar-refractivity contribution in [3.63, 3.8) is 0 Å². The number of carbonyl (C=O) groups excluding carboxylic acids is 1. The van der Waals surface area contributed by atoms with Gasteiger partial charge in [-0.1, -0.05) is 51.3 Å². The predicted octanol–water partition coefficient (Wildman–Crippen LogP) is 6.60. The average Bonchev–Trinajstić information content (AvgIpc) is 2.82. The SMILES string of the molecule is COc1ccc(Br)cc1C1C(C#N)=C(N)Oc2cc(OC(=O)/C=C/c3ccc(Cl)cc3Cl)ccc21. The van der Waals surface area contributed by atoms with Crippen LogP contribution in [0.3, 0.4) is 0 Å². The Morgan fingerprint density at radius 3 is 2.66 bits per heavy atom. The first kappa shape index (κ1) is 24.7. The summed E-state index contributed by atoms with van der Waals surface area (Å²) in [6, 6.07) is 17.5. The number of methoxy groups -OCH3 is 1. The van der Waals surface area contributed by atoms with E-state index >= 15 is 0 Å². The first-order valence-corrected chi connectivity index (χ1v) is 11.8. The van der Waals surface area contributed by atoms with Crippen LogP contribution in [0, 0.1) is 11.3 Å². The monoisotopic (exact) mass is 570 g/mol. The summed E-state index contributed by atoms with van der Waals surface area (Å²) >= 11 is 15.5. The zero-order valence-electron chi connectivity index (χ0n) is 18.2. The molecule has 1 heterocycles. The smallest absolute Gasteiger partial charge is 0.336 e. The molecule has 1 atom stereocenters. The van der Waals surface area contributed by atoms with Gasteiger partial charge < -0.3 is 19.9 Å². The maximum Gasteiger partial charge on any atom is 0.336 e. The Balaban J connectivity index is 1.64. The molecule has 1 aliphatic heterocycles. The zero-order chi connectivity index (χ0) is 25.1. The second-order valence-electron chi connectivity index (χ2n) is 7.43. The van der Waals surface area contributed by atoms with Crippen molar-refractivity contribution in [2.75, 3.05) is 7.11 Å². The molecule has 2 N–H and O–H groups in total. The van der Waals surface area contributed by atoms with Crippen molar-refractivity contribution < 1.29 is 19.0 Å². The van der Waals surface area contributed by atoms with E-state index in [2.05, 4.69) is 22.0 Å². The van der Waals surface area contributed by atoms with Crippen LogP contribution in [0.25, 0.3) is 6.08 Å². The topological polar surface area (TPSA) is 94.6 Å². The molecule has 0 fully saturated rings. The van der Waals surface area contributed by atoms with Crippen molar-refractivity contribution in [1.29, 1.82) is 5.26 Å². The number of allylic oxidation sites excluding steroid dienone is 1. The van der Waals surface area contributed by atoms with Crippen molar-refractivity contribution in [3.8, 4) is 23.3 Å². The van der Waals surface area contributed by atoms with Crippen LogP contribution in [-0.4, -0.2) is 13.1 Å². The third kappa shape index (κ3) is 5.30. The molecular weight excluding hydrogens is 555 g/mol. The molecule has 0 saturated heterocycles. The summed E-state index contributed by atoms with van der Waals surface area (Å²) in [6.07, 6.45) is 2.79. The lowest BCUT2D eigenvalue weighted by atomic mass is 9.83. The molecule has 1 aliphatic rings. The standard InChI is InChI=1S/C26H17BrCl2N2O4/c1-33-22-8-4-15(27)10-19(22)25-18-7-6-17(12-23(18)35-26(31)20(25)13-30)34-24(32)9-3-14-2-5-16(28)11-21(14)29/h2-12,25H,31H2,1H3/b9-3+. The van der Waals surface area contributed by atoms with Crippen LogP contribution in [0.5, 0.6) is 17.2 Å². The number of rotatable bonds is 5. The summed E-state index contributed by atoms with van der Waals surface area (Å²) in [4.78, 5) is 12.4. The maximum atomic E-state index is 12.4. The van der Waals surface area contributed by atoms with Gasteiger partial charge in [0.05, 0.1) is 13.0 Å². The van der Waals surface area contributed by atoms with Gasteiger partial charge in [-0.05, 0) is 48.0 Å². The molecule has 35 heavy (non-hydrogen) atoms. The lowest BCUT2D eigenvalue weighted by Crippen LogP contribution is -2.21. The minimum absolute atomic E-state index is 0.0345. The van der Waals surface area contributed by atoms with Crippen molar-refractivity contribution in [2.45, 2.75) is 5.92 Å². The fourth-order valence-electron chi connectivity index (χ4n) is 3.69. The number of nitriles is 1. The summed E-state index contributed by atoms with van der Waals surface area (Å²) in [5.41, 5.74) is 8.37. The Morgan fingerprint density at radius 2 is 1.94 bits per heavy atom. The number of nitrogens with zero attached hydrogens (tertiary/aromatic N) is 1. The van der Waals surface area contributed by atoms with Crippen LogP contribution in [0.1, 0.15) is 22.6 Å². The maximum absolute atomic E-state index is 12.4. The minimum Gasteiger partial charge on any atom is -0.496 e. The third-order valence-corrected chi connectivity index (χ3v) is 6.33. The van der Waals surface area contributed by atoms with E-state index in [9.17, 15) is 10.1 Å². The third-order valence-electron chi connectivity index (χ3n) is 5.27. The molecule has 9 heteroatoms. The normalized spacial score (nSPS) is 14.8. The van der Waals surface area contributed by atoms with Crippen molar-refractivity contribution >= 4 is 51.2 Å². The van der Waals surface area contributed by atoms with Gasteiger partial charge in [-0.2, -0.15) is 5.26 Å².